The number of likely N-dealkylation sites (tertiary alicyclic amines) is 2. The quantitative estimate of drug-likeness (QED) is 0.818. The van der Waals surface area contributed by atoms with Crippen LogP contribution in [0.4, 0.5) is 14.9 Å². The number of nitrogens with one attached hydrogen (secondary N) is 1. The zero-order chi connectivity index (χ0) is 20.9. The standard InChI is InChI=1S/C24H28FN3O2/c25-20-9-4-5-10-21(20)26-24(30)28-14-6-11-22(28)23(29)27-15-12-19(13-16-27)17-18-7-2-1-3-8-18/h1-5,7-10,19,22H,6,11-17H2,(H,26,30). The van der Waals surface area contributed by atoms with Crippen LogP contribution in [0.3, 0.4) is 0 Å². The van der Waals surface area contributed by atoms with Crippen LogP contribution in [0, 0.1) is 11.7 Å². The van der Waals surface area contributed by atoms with E-state index in [9.17, 15) is 14.0 Å². The van der Waals surface area contributed by atoms with Crippen LogP contribution < -0.4 is 5.32 Å². The van der Waals surface area contributed by atoms with Crippen LogP contribution in [-0.4, -0.2) is 47.4 Å². The first-order valence-corrected chi connectivity index (χ1v) is 10.8. The third-order valence-corrected chi connectivity index (χ3v) is 6.21. The van der Waals surface area contributed by atoms with Gasteiger partial charge >= 0.3 is 6.03 Å². The van der Waals surface area contributed by atoms with E-state index in [1.165, 1.54) is 17.7 Å². The Morgan fingerprint density at radius 1 is 0.933 bits per heavy atom. The van der Waals surface area contributed by atoms with E-state index in [1.54, 1.807) is 17.0 Å². The molecule has 0 radical (unpaired) electrons. The number of para-hydroxylation sites is 1. The number of carbonyl (C=O) groups excluding carboxylic acids is 2. The first kappa shape index (κ1) is 20.4. The molecular formula is C24H28FN3O2. The number of halogens is 1. The summed E-state index contributed by atoms with van der Waals surface area (Å²) in [6.07, 6.45) is 4.45. The SMILES string of the molecule is O=C(C1CCCN1C(=O)Nc1ccccc1F)N1CCC(Cc2ccccc2)CC1. The lowest BCUT2D eigenvalue weighted by Gasteiger charge is -2.35. The van der Waals surface area contributed by atoms with Gasteiger partial charge in [0.25, 0.3) is 0 Å². The molecule has 2 aliphatic rings. The predicted molar refractivity (Wildman–Crippen MR) is 115 cm³/mol. The largest absolute Gasteiger partial charge is 0.341 e. The third-order valence-electron chi connectivity index (χ3n) is 6.21. The van der Waals surface area contributed by atoms with Crippen molar-refractivity contribution in [3.8, 4) is 0 Å². The smallest absolute Gasteiger partial charge is 0.322 e. The highest BCUT2D eigenvalue weighted by atomic mass is 19.1. The Hall–Kier alpha value is -2.89. The Morgan fingerprint density at radius 3 is 2.37 bits per heavy atom. The number of hydrogen-bond acceptors (Lipinski definition) is 2. The highest BCUT2D eigenvalue weighted by molar-refractivity contribution is 5.94. The van der Waals surface area contributed by atoms with Crippen LogP contribution in [0.5, 0.6) is 0 Å². The number of nitrogens with zero attached hydrogens (tertiary/aromatic N) is 2. The van der Waals surface area contributed by atoms with Crippen molar-refractivity contribution in [1.29, 1.82) is 0 Å². The van der Waals surface area contributed by atoms with E-state index in [4.69, 9.17) is 0 Å². The summed E-state index contributed by atoms with van der Waals surface area (Å²) < 4.78 is 13.9. The number of hydrogen-bond donors (Lipinski definition) is 1. The van der Waals surface area contributed by atoms with E-state index in [2.05, 4.69) is 29.6 Å². The minimum absolute atomic E-state index is 0.0225. The number of rotatable bonds is 4. The Bertz CT molecular complexity index is 881. The first-order valence-electron chi connectivity index (χ1n) is 10.8. The maximum Gasteiger partial charge on any atom is 0.322 e. The average molecular weight is 410 g/mol. The van der Waals surface area contributed by atoms with Crippen molar-refractivity contribution in [2.45, 2.75) is 38.1 Å². The fourth-order valence-electron chi connectivity index (χ4n) is 4.53. The Labute approximate surface area is 176 Å². The maximum atomic E-state index is 13.9. The second-order valence-corrected chi connectivity index (χ2v) is 8.22. The lowest BCUT2D eigenvalue weighted by molar-refractivity contribution is -0.136. The molecule has 2 saturated heterocycles. The number of urea groups is 1. The molecule has 2 heterocycles. The molecule has 6 heteroatoms. The second kappa shape index (κ2) is 9.28. The minimum atomic E-state index is -0.478. The summed E-state index contributed by atoms with van der Waals surface area (Å²) in [7, 11) is 0. The fraction of sp³-hybridized carbons (Fsp3) is 0.417. The zero-order valence-corrected chi connectivity index (χ0v) is 17.1. The third kappa shape index (κ3) is 4.64. The molecule has 158 valence electrons. The molecular weight excluding hydrogens is 381 g/mol. The van der Waals surface area contributed by atoms with Gasteiger partial charge in [-0.3, -0.25) is 4.79 Å². The molecule has 1 atom stereocenters. The van der Waals surface area contributed by atoms with E-state index in [0.717, 1.165) is 38.8 Å². The summed E-state index contributed by atoms with van der Waals surface area (Å²) in [5.41, 5.74) is 1.48. The summed E-state index contributed by atoms with van der Waals surface area (Å²) in [4.78, 5) is 29.3. The monoisotopic (exact) mass is 409 g/mol. The molecule has 0 aliphatic carbocycles. The molecule has 2 aliphatic heterocycles. The van der Waals surface area contributed by atoms with Gasteiger partial charge in [-0.25, -0.2) is 9.18 Å². The minimum Gasteiger partial charge on any atom is -0.341 e. The summed E-state index contributed by atoms with van der Waals surface area (Å²) in [6.45, 7) is 1.98. The van der Waals surface area contributed by atoms with Crippen molar-refractivity contribution in [2.75, 3.05) is 25.0 Å². The molecule has 1 N–H and O–H groups in total. The van der Waals surface area contributed by atoms with Crippen molar-refractivity contribution in [3.63, 3.8) is 0 Å². The fourth-order valence-corrected chi connectivity index (χ4v) is 4.53. The molecule has 0 spiro atoms. The molecule has 2 fully saturated rings. The van der Waals surface area contributed by atoms with Crippen molar-refractivity contribution in [3.05, 3.63) is 66.0 Å². The van der Waals surface area contributed by atoms with Gasteiger partial charge in [0.1, 0.15) is 11.9 Å². The maximum absolute atomic E-state index is 13.9. The van der Waals surface area contributed by atoms with Crippen molar-refractivity contribution >= 4 is 17.6 Å². The number of piperidine rings is 1. The van der Waals surface area contributed by atoms with Gasteiger partial charge in [-0.05, 0) is 55.7 Å². The van der Waals surface area contributed by atoms with E-state index in [-0.39, 0.29) is 11.6 Å². The molecule has 5 nitrogen and oxygen atoms in total. The van der Waals surface area contributed by atoms with Crippen LogP contribution in [0.2, 0.25) is 0 Å². The molecule has 30 heavy (non-hydrogen) atoms. The molecule has 0 saturated carbocycles. The number of benzene rings is 2. The number of carbonyl (C=O) groups is 2. The Kier molecular flexibility index (Phi) is 6.31. The topological polar surface area (TPSA) is 52.7 Å². The summed E-state index contributed by atoms with van der Waals surface area (Å²) in [6, 6.07) is 15.7. The van der Waals surface area contributed by atoms with Gasteiger partial charge in [-0.1, -0.05) is 42.5 Å². The lowest BCUT2D eigenvalue weighted by atomic mass is 9.90. The van der Waals surface area contributed by atoms with E-state index < -0.39 is 17.9 Å². The van der Waals surface area contributed by atoms with Gasteiger partial charge in [0.05, 0.1) is 5.69 Å². The normalized spacial score (nSPS) is 19.7. The van der Waals surface area contributed by atoms with Gasteiger partial charge in [0, 0.05) is 19.6 Å². The van der Waals surface area contributed by atoms with E-state index in [1.807, 2.05) is 11.0 Å². The Morgan fingerprint density at radius 2 is 1.63 bits per heavy atom. The number of anilines is 1. The van der Waals surface area contributed by atoms with Crippen molar-refractivity contribution < 1.29 is 14.0 Å². The zero-order valence-electron chi connectivity index (χ0n) is 17.1. The van der Waals surface area contributed by atoms with Gasteiger partial charge in [-0.15, -0.1) is 0 Å². The highest BCUT2D eigenvalue weighted by Gasteiger charge is 2.37. The molecule has 3 amide bonds. The Balaban J connectivity index is 1.32. The number of amides is 3. The van der Waals surface area contributed by atoms with Crippen LogP contribution in [0.1, 0.15) is 31.2 Å². The van der Waals surface area contributed by atoms with Crippen molar-refractivity contribution in [2.24, 2.45) is 5.92 Å². The first-order chi connectivity index (χ1) is 14.6. The summed E-state index contributed by atoms with van der Waals surface area (Å²) in [5.74, 6) is 0.128. The molecule has 2 aromatic carbocycles. The van der Waals surface area contributed by atoms with Crippen LogP contribution in [0.15, 0.2) is 54.6 Å². The predicted octanol–water partition coefficient (Wildman–Crippen LogP) is 4.30. The summed E-state index contributed by atoms with van der Waals surface area (Å²) >= 11 is 0. The molecule has 0 aromatic heterocycles. The molecule has 1 unspecified atom stereocenters. The van der Waals surface area contributed by atoms with Crippen LogP contribution in [0.25, 0.3) is 0 Å². The van der Waals surface area contributed by atoms with Crippen LogP contribution in [-0.2, 0) is 11.2 Å². The molecule has 0 bridgehead atoms. The average Bonchev–Trinajstić information content (AvgIpc) is 3.26. The van der Waals surface area contributed by atoms with E-state index in [0.29, 0.717) is 18.9 Å². The second-order valence-electron chi connectivity index (χ2n) is 8.22. The van der Waals surface area contributed by atoms with E-state index >= 15 is 0 Å². The lowest BCUT2D eigenvalue weighted by Crippen LogP contribution is -2.51. The summed E-state index contributed by atoms with van der Waals surface area (Å²) in [5, 5.41) is 2.62. The van der Waals surface area contributed by atoms with Gasteiger partial charge in [0.15, 0.2) is 0 Å². The highest BCUT2D eigenvalue weighted by Crippen LogP contribution is 2.26. The van der Waals surface area contributed by atoms with Gasteiger partial charge in [-0.2, -0.15) is 0 Å². The van der Waals surface area contributed by atoms with Crippen molar-refractivity contribution in [1.82, 2.24) is 9.80 Å². The van der Waals surface area contributed by atoms with Gasteiger partial charge < -0.3 is 15.1 Å². The van der Waals surface area contributed by atoms with Gasteiger partial charge in [0.2, 0.25) is 5.91 Å². The molecule has 4 rings (SSSR count). The molecule has 2 aromatic rings. The van der Waals surface area contributed by atoms with Crippen LogP contribution >= 0.6 is 0 Å².